The summed E-state index contributed by atoms with van der Waals surface area (Å²) in [7, 11) is 0. The van der Waals surface area contributed by atoms with Crippen LogP contribution < -0.4 is 5.32 Å². The summed E-state index contributed by atoms with van der Waals surface area (Å²) >= 11 is 3.18. The van der Waals surface area contributed by atoms with E-state index in [-0.39, 0.29) is 11.9 Å². The average molecular weight is 312 g/mol. The van der Waals surface area contributed by atoms with Gasteiger partial charge >= 0.3 is 0 Å². The number of nitrogens with one attached hydrogen (secondary N) is 1. The summed E-state index contributed by atoms with van der Waals surface area (Å²) in [4.78, 5) is 0. The SMILES string of the molecule is CC#CCCC(NCCC)c1ccc(Br)c(F)c1. The zero-order chi connectivity index (χ0) is 13.4. The molecule has 1 atom stereocenters. The molecule has 0 radical (unpaired) electrons. The number of hydrogen-bond donors (Lipinski definition) is 1. The first-order chi connectivity index (χ1) is 8.69. The summed E-state index contributed by atoms with van der Waals surface area (Å²) in [5.74, 6) is 5.74. The Kier molecular flexibility index (Phi) is 7.00. The Hall–Kier alpha value is -0.850. The minimum atomic E-state index is -0.211. The molecule has 18 heavy (non-hydrogen) atoms. The molecule has 3 heteroatoms. The van der Waals surface area contributed by atoms with Crippen LogP contribution in [0.5, 0.6) is 0 Å². The first-order valence-corrected chi connectivity index (χ1v) is 7.06. The van der Waals surface area contributed by atoms with Crippen molar-refractivity contribution in [1.82, 2.24) is 5.32 Å². The molecule has 0 spiro atoms. The van der Waals surface area contributed by atoms with Gasteiger partial charge in [0.1, 0.15) is 5.82 Å². The summed E-state index contributed by atoms with van der Waals surface area (Å²) in [5.41, 5.74) is 0.988. The van der Waals surface area contributed by atoms with Gasteiger partial charge in [-0.25, -0.2) is 4.39 Å². The molecule has 0 aliphatic rings. The van der Waals surface area contributed by atoms with Crippen LogP contribution in [-0.4, -0.2) is 6.54 Å². The van der Waals surface area contributed by atoms with Crippen LogP contribution >= 0.6 is 15.9 Å². The van der Waals surface area contributed by atoms with E-state index in [9.17, 15) is 4.39 Å². The van der Waals surface area contributed by atoms with Gasteiger partial charge in [0.05, 0.1) is 4.47 Å². The fourth-order valence-corrected chi connectivity index (χ4v) is 2.02. The lowest BCUT2D eigenvalue weighted by molar-refractivity contribution is 0.501. The second kappa shape index (κ2) is 8.29. The van der Waals surface area contributed by atoms with Crippen molar-refractivity contribution in [3.05, 3.63) is 34.1 Å². The van der Waals surface area contributed by atoms with Gasteiger partial charge in [-0.3, -0.25) is 0 Å². The number of halogens is 2. The Morgan fingerprint density at radius 2 is 2.22 bits per heavy atom. The summed E-state index contributed by atoms with van der Waals surface area (Å²) in [6.45, 7) is 4.90. The van der Waals surface area contributed by atoms with E-state index in [4.69, 9.17) is 0 Å². The molecular weight excluding hydrogens is 293 g/mol. The van der Waals surface area contributed by atoms with Crippen molar-refractivity contribution >= 4 is 15.9 Å². The fraction of sp³-hybridized carbons (Fsp3) is 0.467. The zero-order valence-corrected chi connectivity index (χ0v) is 12.5. The van der Waals surface area contributed by atoms with E-state index in [0.717, 1.165) is 31.4 Å². The fourth-order valence-electron chi connectivity index (χ4n) is 1.78. The molecule has 1 aromatic rings. The predicted molar refractivity (Wildman–Crippen MR) is 77.8 cm³/mol. The molecule has 1 rings (SSSR count). The lowest BCUT2D eigenvalue weighted by Crippen LogP contribution is -2.22. The number of benzene rings is 1. The van der Waals surface area contributed by atoms with Crippen LogP contribution in [0.25, 0.3) is 0 Å². The van der Waals surface area contributed by atoms with E-state index in [0.29, 0.717) is 4.47 Å². The molecule has 0 saturated carbocycles. The molecule has 0 fully saturated rings. The second-order valence-electron chi connectivity index (χ2n) is 4.15. The Balaban J connectivity index is 2.78. The Bertz CT molecular complexity index is 434. The molecule has 1 unspecified atom stereocenters. The van der Waals surface area contributed by atoms with Crippen LogP contribution in [0, 0.1) is 17.7 Å². The maximum absolute atomic E-state index is 13.5. The smallest absolute Gasteiger partial charge is 0.137 e. The monoisotopic (exact) mass is 311 g/mol. The molecule has 1 nitrogen and oxygen atoms in total. The van der Waals surface area contributed by atoms with Crippen LogP contribution in [0.15, 0.2) is 22.7 Å². The van der Waals surface area contributed by atoms with Gasteiger partial charge in [-0.15, -0.1) is 11.8 Å². The third-order valence-electron chi connectivity index (χ3n) is 2.72. The molecule has 0 bridgehead atoms. The highest BCUT2D eigenvalue weighted by molar-refractivity contribution is 9.10. The molecule has 98 valence electrons. The highest BCUT2D eigenvalue weighted by Crippen LogP contribution is 2.23. The van der Waals surface area contributed by atoms with E-state index >= 15 is 0 Å². The van der Waals surface area contributed by atoms with Crippen molar-refractivity contribution in [1.29, 1.82) is 0 Å². The van der Waals surface area contributed by atoms with Crippen LogP contribution in [0.2, 0.25) is 0 Å². The largest absolute Gasteiger partial charge is 0.310 e. The maximum Gasteiger partial charge on any atom is 0.137 e. The highest BCUT2D eigenvalue weighted by Gasteiger charge is 2.11. The lowest BCUT2D eigenvalue weighted by atomic mass is 10.0. The predicted octanol–water partition coefficient (Wildman–Crippen LogP) is 4.43. The first kappa shape index (κ1) is 15.2. The van der Waals surface area contributed by atoms with Gasteiger partial charge in [-0.05, 0) is 59.9 Å². The van der Waals surface area contributed by atoms with Gasteiger partial charge in [0.2, 0.25) is 0 Å². The minimum Gasteiger partial charge on any atom is -0.310 e. The lowest BCUT2D eigenvalue weighted by Gasteiger charge is -2.18. The molecule has 1 N–H and O–H groups in total. The van der Waals surface area contributed by atoms with Gasteiger partial charge < -0.3 is 5.32 Å². The second-order valence-corrected chi connectivity index (χ2v) is 5.00. The average Bonchev–Trinajstić information content (AvgIpc) is 2.37. The minimum absolute atomic E-state index is 0.174. The molecule has 0 heterocycles. The van der Waals surface area contributed by atoms with Crippen molar-refractivity contribution in [2.75, 3.05) is 6.54 Å². The van der Waals surface area contributed by atoms with Gasteiger partial charge in [-0.2, -0.15) is 0 Å². The van der Waals surface area contributed by atoms with E-state index in [1.165, 1.54) is 0 Å². The summed E-state index contributed by atoms with van der Waals surface area (Å²) in [5, 5.41) is 3.44. The maximum atomic E-state index is 13.5. The zero-order valence-electron chi connectivity index (χ0n) is 10.9. The van der Waals surface area contributed by atoms with Crippen molar-refractivity contribution in [2.24, 2.45) is 0 Å². The van der Waals surface area contributed by atoms with E-state index in [1.807, 2.05) is 13.0 Å². The number of hydrogen-bond acceptors (Lipinski definition) is 1. The van der Waals surface area contributed by atoms with Crippen LogP contribution in [0.3, 0.4) is 0 Å². The Morgan fingerprint density at radius 3 is 2.83 bits per heavy atom. The molecular formula is C15H19BrFN. The summed E-state index contributed by atoms with van der Waals surface area (Å²) in [6.07, 6.45) is 2.80. The first-order valence-electron chi connectivity index (χ1n) is 6.27. The van der Waals surface area contributed by atoms with Crippen LogP contribution in [0.4, 0.5) is 4.39 Å². The standard InChI is InChI=1S/C15H19BrFN/c1-3-5-6-7-15(18-10-4-2)12-8-9-13(16)14(17)11-12/h8-9,11,15,18H,4,6-7,10H2,1-2H3. The van der Waals surface area contributed by atoms with Crippen molar-refractivity contribution in [3.8, 4) is 11.8 Å². The number of rotatable bonds is 6. The highest BCUT2D eigenvalue weighted by atomic mass is 79.9. The van der Waals surface area contributed by atoms with E-state index in [2.05, 4.69) is 40.0 Å². The Labute approximate surface area is 117 Å². The molecule has 0 aromatic heterocycles. The molecule has 0 aliphatic heterocycles. The van der Waals surface area contributed by atoms with Gasteiger partial charge in [0.15, 0.2) is 0 Å². The quantitative estimate of drug-likeness (QED) is 0.766. The van der Waals surface area contributed by atoms with E-state index in [1.54, 1.807) is 12.1 Å². The van der Waals surface area contributed by atoms with Crippen molar-refractivity contribution in [2.45, 2.75) is 39.2 Å². The molecule has 1 aromatic carbocycles. The molecule has 0 amide bonds. The van der Waals surface area contributed by atoms with Gasteiger partial charge in [-0.1, -0.05) is 13.0 Å². The molecule has 0 aliphatic carbocycles. The van der Waals surface area contributed by atoms with Crippen LogP contribution in [0.1, 0.15) is 44.7 Å². The topological polar surface area (TPSA) is 12.0 Å². The molecule has 0 saturated heterocycles. The normalized spacial score (nSPS) is 11.8. The van der Waals surface area contributed by atoms with E-state index < -0.39 is 0 Å². The van der Waals surface area contributed by atoms with Crippen molar-refractivity contribution < 1.29 is 4.39 Å². The van der Waals surface area contributed by atoms with Gasteiger partial charge in [0, 0.05) is 12.5 Å². The van der Waals surface area contributed by atoms with Crippen molar-refractivity contribution in [3.63, 3.8) is 0 Å². The Morgan fingerprint density at radius 1 is 1.44 bits per heavy atom. The third-order valence-corrected chi connectivity index (χ3v) is 3.36. The van der Waals surface area contributed by atoms with Crippen LogP contribution in [-0.2, 0) is 0 Å². The summed E-state index contributed by atoms with van der Waals surface area (Å²) in [6, 6.07) is 5.49. The van der Waals surface area contributed by atoms with Gasteiger partial charge in [0.25, 0.3) is 0 Å². The third kappa shape index (κ3) is 4.80. The summed E-state index contributed by atoms with van der Waals surface area (Å²) < 4.78 is 14.1.